The van der Waals surface area contributed by atoms with E-state index in [1.165, 1.54) is 22.5 Å². The van der Waals surface area contributed by atoms with Gasteiger partial charge in [0.1, 0.15) is 16.5 Å². The van der Waals surface area contributed by atoms with Crippen LogP contribution in [0, 0.1) is 6.92 Å². The molecular weight excluding hydrogens is 508 g/mol. The highest BCUT2D eigenvalue weighted by atomic mass is 32.1. The number of aromatic nitrogens is 1. The van der Waals surface area contributed by atoms with E-state index in [4.69, 9.17) is 4.74 Å². The second kappa shape index (κ2) is 11.0. The van der Waals surface area contributed by atoms with Crippen LogP contribution in [0.25, 0.3) is 0 Å². The number of fused-ring (bicyclic) bond motifs is 1. The lowest BCUT2D eigenvalue weighted by Crippen LogP contribution is -2.50. The first-order valence-corrected chi connectivity index (χ1v) is 14.1. The van der Waals surface area contributed by atoms with Crippen LogP contribution < -0.4 is 9.64 Å². The van der Waals surface area contributed by atoms with E-state index in [0.717, 1.165) is 29.3 Å². The number of carbonyl (C=O) groups excluding carboxylic acids is 2. The molecule has 0 unspecified atom stereocenters. The van der Waals surface area contributed by atoms with E-state index in [1.807, 2.05) is 47.5 Å². The molecule has 0 aliphatic carbocycles. The van der Waals surface area contributed by atoms with Crippen LogP contribution in [0.5, 0.6) is 5.75 Å². The first-order chi connectivity index (χ1) is 19.1. The van der Waals surface area contributed by atoms with Gasteiger partial charge in [0.05, 0.1) is 18.3 Å². The van der Waals surface area contributed by atoms with Crippen LogP contribution in [-0.2, 0) is 11.3 Å². The van der Waals surface area contributed by atoms with E-state index in [0.29, 0.717) is 31.1 Å². The molecule has 39 heavy (non-hydrogen) atoms. The topological polar surface area (TPSA) is 66.0 Å². The molecule has 1 aromatic heterocycles. The predicted octanol–water partition coefficient (Wildman–Crippen LogP) is 4.92. The molecule has 0 spiro atoms. The number of anilines is 1. The minimum absolute atomic E-state index is 0.00442. The van der Waals surface area contributed by atoms with E-state index in [2.05, 4.69) is 58.4 Å². The molecule has 0 bridgehead atoms. The summed E-state index contributed by atoms with van der Waals surface area (Å²) in [7, 11) is 0. The highest BCUT2D eigenvalue weighted by Crippen LogP contribution is 2.34. The average Bonchev–Trinajstić information content (AvgIpc) is 3.45. The van der Waals surface area contributed by atoms with Crippen LogP contribution >= 0.6 is 11.3 Å². The predicted molar refractivity (Wildman–Crippen MR) is 152 cm³/mol. The van der Waals surface area contributed by atoms with Crippen molar-refractivity contribution in [3.8, 4) is 5.75 Å². The number of benzene rings is 3. The van der Waals surface area contributed by atoms with E-state index >= 15 is 0 Å². The Morgan fingerprint density at radius 1 is 0.949 bits per heavy atom. The number of thiazole rings is 1. The number of piperazine rings is 1. The summed E-state index contributed by atoms with van der Waals surface area (Å²) in [5.41, 5.74) is 4.74. The Balaban J connectivity index is 1.13. The molecule has 0 atom stereocenters. The minimum Gasteiger partial charge on any atom is -0.482 e. The fraction of sp³-hybridized carbons (Fsp3) is 0.258. The molecule has 2 aliphatic heterocycles. The van der Waals surface area contributed by atoms with E-state index in [1.54, 1.807) is 4.90 Å². The fourth-order valence-corrected chi connectivity index (χ4v) is 6.09. The van der Waals surface area contributed by atoms with Crippen molar-refractivity contribution < 1.29 is 14.3 Å². The summed E-state index contributed by atoms with van der Waals surface area (Å²) in [5, 5.41) is 2.54. The molecule has 4 aromatic rings. The minimum atomic E-state index is -0.112. The zero-order valence-electron chi connectivity index (χ0n) is 21.8. The first-order valence-electron chi connectivity index (χ1n) is 13.2. The maximum atomic E-state index is 13.4. The van der Waals surface area contributed by atoms with Gasteiger partial charge in [-0.1, -0.05) is 66.7 Å². The normalized spacial score (nSPS) is 15.8. The Morgan fingerprint density at radius 2 is 1.62 bits per heavy atom. The van der Waals surface area contributed by atoms with E-state index in [9.17, 15) is 9.59 Å². The van der Waals surface area contributed by atoms with Crippen molar-refractivity contribution in [1.29, 1.82) is 0 Å². The number of nitrogens with zero attached hydrogens (tertiary/aromatic N) is 4. The number of rotatable bonds is 6. The van der Waals surface area contributed by atoms with Crippen molar-refractivity contribution >= 4 is 28.8 Å². The summed E-state index contributed by atoms with van der Waals surface area (Å²) < 4.78 is 5.59. The first kappa shape index (κ1) is 25.3. The van der Waals surface area contributed by atoms with Gasteiger partial charge in [-0.25, -0.2) is 4.98 Å². The van der Waals surface area contributed by atoms with Crippen molar-refractivity contribution in [3.63, 3.8) is 0 Å². The molecule has 6 rings (SSSR count). The molecule has 3 aromatic carbocycles. The van der Waals surface area contributed by atoms with Gasteiger partial charge in [0, 0.05) is 31.6 Å². The quantitative estimate of drug-likeness (QED) is 0.349. The zero-order valence-corrected chi connectivity index (χ0v) is 22.6. The largest absolute Gasteiger partial charge is 0.482 e. The van der Waals surface area contributed by atoms with Crippen molar-refractivity contribution in [1.82, 2.24) is 14.8 Å². The molecule has 1 saturated heterocycles. The molecule has 2 aliphatic rings. The highest BCUT2D eigenvalue weighted by molar-refractivity contribution is 7.09. The van der Waals surface area contributed by atoms with E-state index < -0.39 is 0 Å². The summed E-state index contributed by atoms with van der Waals surface area (Å²) in [5.74, 6) is 0.520. The molecule has 3 heterocycles. The summed E-state index contributed by atoms with van der Waals surface area (Å²) in [6.07, 6.45) is 0. The number of hydrogen-bond donors (Lipinski definition) is 0. The van der Waals surface area contributed by atoms with Crippen molar-refractivity contribution in [3.05, 3.63) is 112 Å². The van der Waals surface area contributed by atoms with Gasteiger partial charge < -0.3 is 9.64 Å². The Hall–Kier alpha value is -4.01. The third kappa shape index (κ3) is 5.30. The van der Waals surface area contributed by atoms with Crippen LogP contribution in [0.4, 0.5) is 5.69 Å². The number of carbonyl (C=O) groups is 2. The lowest BCUT2D eigenvalue weighted by atomic mass is 9.96. The van der Waals surface area contributed by atoms with Crippen molar-refractivity contribution in [2.45, 2.75) is 19.5 Å². The molecule has 0 N–H and O–H groups in total. The highest BCUT2D eigenvalue weighted by Gasteiger charge is 2.30. The maximum Gasteiger partial charge on any atom is 0.273 e. The van der Waals surface area contributed by atoms with Gasteiger partial charge in [-0.2, -0.15) is 0 Å². The molecule has 198 valence electrons. The van der Waals surface area contributed by atoms with Crippen LogP contribution in [-0.4, -0.2) is 59.4 Å². The maximum absolute atomic E-state index is 13.4. The van der Waals surface area contributed by atoms with Gasteiger partial charge in [-0.3, -0.25) is 19.4 Å². The molecule has 8 heteroatoms. The average molecular weight is 539 g/mol. The monoisotopic (exact) mass is 538 g/mol. The molecule has 1 fully saturated rings. The van der Waals surface area contributed by atoms with Gasteiger partial charge >= 0.3 is 0 Å². The van der Waals surface area contributed by atoms with Crippen LogP contribution in [0.2, 0.25) is 0 Å². The van der Waals surface area contributed by atoms with Gasteiger partial charge in [-0.05, 0) is 35.7 Å². The van der Waals surface area contributed by atoms with Crippen LogP contribution in [0.15, 0.2) is 84.2 Å². The molecule has 0 radical (unpaired) electrons. The standard InChI is InChI=1S/C31H30N4O3S/c1-22-12-13-27-26(18-22)35(29(36)20-38-27)19-28-32-25(21-39-28)31(37)34-16-14-33(15-17-34)30(23-8-4-2-5-9-23)24-10-6-3-7-11-24/h2-13,18,21,30H,14-17,19-20H2,1H3. The third-order valence-corrected chi connectivity index (χ3v) is 8.15. The van der Waals surface area contributed by atoms with Crippen molar-refractivity contribution in [2.24, 2.45) is 0 Å². The molecule has 2 amide bonds. The Morgan fingerprint density at radius 3 is 2.28 bits per heavy atom. The Labute approximate surface area is 232 Å². The molecule has 7 nitrogen and oxygen atoms in total. The summed E-state index contributed by atoms with van der Waals surface area (Å²) >= 11 is 1.41. The van der Waals surface area contributed by atoms with Gasteiger partial charge in [0.15, 0.2) is 6.61 Å². The van der Waals surface area contributed by atoms with Crippen molar-refractivity contribution in [2.75, 3.05) is 37.7 Å². The number of hydrogen-bond acceptors (Lipinski definition) is 6. The third-order valence-electron chi connectivity index (χ3n) is 7.32. The number of ether oxygens (including phenoxy) is 1. The Kier molecular flexibility index (Phi) is 7.13. The number of aryl methyl sites for hydroxylation is 1. The second-order valence-electron chi connectivity index (χ2n) is 9.92. The summed E-state index contributed by atoms with van der Waals surface area (Å²) in [4.78, 5) is 36.7. The fourth-order valence-electron chi connectivity index (χ4n) is 5.33. The SMILES string of the molecule is Cc1ccc2c(c1)N(Cc1nc(C(=O)N3CCN(C(c4ccccc4)c4ccccc4)CC3)cs1)C(=O)CO2. The zero-order chi connectivity index (χ0) is 26.8. The van der Waals surface area contributed by atoms with E-state index in [-0.39, 0.29) is 24.5 Å². The molecule has 0 saturated carbocycles. The Bertz CT molecular complexity index is 1430. The second-order valence-corrected chi connectivity index (χ2v) is 10.9. The number of amides is 2. The lowest BCUT2D eigenvalue weighted by molar-refractivity contribution is -0.121. The van der Waals surface area contributed by atoms with Gasteiger partial charge in [0.25, 0.3) is 11.8 Å². The molecular formula is C31H30N4O3S. The summed E-state index contributed by atoms with van der Waals surface area (Å²) in [6, 6.07) is 27.0. The van der Waals surface area contributed by atoms with Crippen LogP contribution in [0.3, 0.4) is 0 Å². The smallest absolute Gasteiger partial charge is 0.273 e. The van der Waals surface area contributed by atoms with Gasteiger partial charge in [-0.15, -0.1) is 11.3 Å². The lowest BCUT2D eigenvalue weighted by Gasteiger charge is -2.39. The summed E-state index contributed by atoms with van der Waals surface area (Å²) in [6.45, 7) is 5.13. The van der Waals surface area contributed by atoms with Crippen LogP contribution in [0.1, 0.15) is 38.2 Å². The van der Waals surface area contributed by atoms with Gasteiger partial charge in [0.2, 0.25) is 0 Å².